The standard InChI is InChI=1S/C12H23NO2S/c1-13(2)12(14)8-5-9-16(15)10-11-6-3-4-7-11/h11H,3-10H2,1-2H3/t16-/m1/s1. The predicted octanol–water partition coefficient (Wildman–Crippen LogP) is 1.79. The third-order valence-electron chi connectivity index (χ3n) is 3.16. The summed E-state index contributed by atoms with van der Waals surface area (Å²) in [5.41, 5.74) is 0. The van der Waals surface area contributed by atoms with Gasteiger partial charge >= 0.3 is 0 Å². The first-order valence-corrected chi connectivity index (χ1v) is 7.63. The molecule has 1 fully saturated rings. The van der Waals surface area contributed by atoms with E-state index in [1.165, 1.54) is 25.7 Å². The Morgan fingerprint density at radius 1 is 1.31 bits per heavy atom. The minimum atomic E-state index is -0.710. The number of nitrogens with zero attached hydrogens (tertiary/aromatic N) is 1. The molecule has 1 saturated carbocycles. The van der Waals surface area contributed by atoms with E-state index in [0.29, 0.717) is 18.1 Å². The Morgan fingerprint density at radius 2 is 1.94 bits per heavy atom. The van der Waals surface area contributed by atoms with Crippen molar-refractivity contribution < 1.29 is 9.00 Å². The molecule has 1 atom stereocenters. The van der Waals surface area contributed by atoms with Gasteiger partial charge in [0.1, 0.15) is 0 Å². The maximum Gasteiger partial charge on any atom is 0.222 e. The molecule has 0 spiro atoms. The van der Waals surface area contributed by atoms with Crippen LogP contribution < -0.4 is 0 Å². The zero-order valence-corrected chi connectivity index (χ0v) is 11.2. The quantitative estimate of drug-likeness (QED) is 0.715. The Kier molecular flexibility index (Phi) is 6.03. The minimum absolute atomic E-state index is 0.137. The Labute approximate surface area is 101 Å². The normalized spacial score (nSPS) is 18.6. The lowest BCUT2D eigenvalue weighted by atomic mass is 10.1. The van der Waals surface area contributed by atoms with Crippen molar-refractivity contribution in [2.75, 3.05) is 25.6 Å². The van der Waals surface area contributed by atoms with Crippen LogP contribution in [0.4, 0.5) is 0 Å². The second-order valence-electron chi connectivity index (χ2n) is 4.85. The largest absolute Gasteiger partial charge is 0.349 e. The lowest BCUT2D eigenvalue weighted by Crippen LogP contribution is -2.22. The predicted molar refractivity (Wildman–Crippen MR) is 67.8 cm³/mol. The van der Waals surface area contributed by atoms with Crippen LogP contribution in [0.5, 0.6) is 0 Å². The van der Waals surface area contributed by atoms with Crippen LogP contribution in [0.25, 0.3) is 0 Å². The van der Waals surface area contributed by atoms with Crippen LogP contribution in [0.15, 0.2) is 0 Å². The zero-order chi connectivity index (χ0) is 12.0. The highest BCUT2D eigenvalue weighted by Gasteiger charge is 2.17. The fraction of sp³-hybridized carbons (Fsp3) is 0.917. The summed E-state index contributed by atoms with van der Waals surface area (Å²) in [6, 6.07) is 0. The molecule has 0 bridgehead atoms. The molecule has 0 aliphatic heterocycles. The van der Waals surface area contributed by atoms with Gasteiger partial charge in [-0.1, -0.05) is 12.8 Å². The van der Waals surface area contributed by atoms with Crippen molar-refractivity contribution in [2.45, 2.75) is 38.5 Å². The molecule has 1 aliphatic rings. The summed E-state index contributed by atoms with van der Waals surface area (Å²) in [4.78, 5) is 12.9. The summed E-state index contributed by atoms with van der Waals surface area (Å²) in [6.07, 6.45) is 6.41. The molecule has 4 heteroatoms. The third kappa shape index (κ3) is 5.10. The number of carbonyl (C=O) groups is 1. The summed E-state index contributed by atoms with van der Waals surface area (Å²) in [5.74, 6) is 2.37. The van der Waals surface area contributed by atoms with Crippen LogP contribution in [0.3, 0.4) is 0 Å². The van der Waals surface area contributed by atoms with E-state index in [-0.39, 0.29) is 5.91 Å². The molecular weight excluding hydrogens is 222 g/mol. The molecule has 0 N–H and O–H groups in total. The third-order valence-corrected chi connectivity index (χ3v) is 4.74. The molecule has 1 aliphatic carbocycles. The Morgan fingerprint density at radius 3 is 2.50 bits per heavy atom. The van der Waals surface area contributed by atoms with E-state index in [1.54, 1.807) is 19.0 Å². The van der Waals surface area contributed by atoms with Crippen LogP contribution in [-0.2, 0) is 15.6 Å². The van der Waals surface area contributed by atoms with E-state index < -0.39 is 10.8 Å². The van der Waals surface area contributed by atoms with Crippen molar-refractivity contribution in [3.63, 3.8) is 0 Å². The first-order valence-electron chi connectivity index (χ1n) is 6.14. The first-order chi connectivity index (χ1) is 7.59. The average Bonchev–Trinajstić information content (AvgIpc) is 2.70. The topological polar surface area (TPSA) is 37.4 Å². The fourth-order valence-corrected chi connectivity index (χ4v) is 3.62. The first kappa shape index (κ1) is 13.7. The molecule has 0 radical (unpaired) electrons. The van der Waals surface area contributed by atoms with Crippen molar-refractivity contribution in [1.82, 2.24) is 4.90 Å². The van der Waals surface area contributed by atoms with Crippen molar-refractivity contribution in [3.05, 3.63) is 0 Å². The molecule has 1 rings (SSSR count). The second-order valence-corrected chi connectivity index (χ2v) is 6.47. The Balaban J connectivity index is 2.08. The molecule has 0 aromatic carbocycles. The summed E-state index contributed by atoms with van der Waals surface area (Å²) in [7, 11) is 2.81. The lowest BCUT2D eigenvalue weighted by molar-refractivity contribution is -0.128. The number of hydrogen-bond donors (Lipinski definition) is 0. The highest BCUT2D eigenvalue weighted by Crippen LogP contribution is 2.25. The van der Waals surface area contributed by atoms with E-state index >= 15 is 0 Å². The second kappa shape index (κ2) is 7.05. The number of rotatable bonds is 6. The van der Waals surface area contributed by atoms with Crippen LogP contribution in [0, 0.1) is 5.92 Å². The summed E-state index contributed by atoms with van der Waals surface area (Å²) < 4.78 is 11.7. The molecule has 1 amide bonds. The summed E-state index contributed by atoms with van der Waals surface area (Å²) >= 11 is 0. The molecule has 0 heterocycles. The molecule has 0 unspecified atom stereocenters. The molecule has 3 nitrogen and oxygen atoms in total. The lowest BCUT2D eigenvalue weighted by Gasteiger charge is -2.10. The van der Waals surface area contributed by atoms with Gasteiger partial charge in [0.25, 0.3) is 0 Å². The van der Waals surface area contributed by atoms with Gasteiger partial charge in [0.15, 0.2) is 0 Å². The van der Waals surface area contributed by atoms with Crippen LogP contribution in [0.1, 0.15) is 38.5 Å². The SMILES string of the molecule is CN(C)C(=O)CCC[S@@](=O)CC1CCCC1. The van der Waals surface area contributed by atoms with Gasteiger partial charge in [-0.2, -0.15) is 0 Å². The van der Waals surface area contributed by atoms with Gasteiger partial charge in [0.05, 0.1) is 0 Å². The molecule has 0 aromatic rings. The van der Waals surface area contributed by atoms with E-state index in [1.807, 2.05) is 0 Å². The van der Waals surface area contributed by atoms with E-state index in [2.05, 4.69) is 0 Å². The Hall–Kier alpha value is -0.380. The smallest absolute Gasteiger partial charge is 0.222 e. The molecule has 16 heavy (non-hydrogen) atoms. The summed E-state index contributed by atoms with van der Waals surface area (Å²) in [6.45, 7) is 0. The van der Waals surface area contributed by atoms with E-state index in [9.17, 15) is 9.00 Å². The maximum atomic E-state index is 11.7. The van der Waals surface area contributed by atoms with E-state index in [4.69, 9.17) is 0 Å². The monoisotopic (exact) mass is 245 g/mol. The molecule has 0 saturated heterocycles. The van der Waals surface area contributed by atoms with Gasteiger partial charge in [-0.05, 0) is 25.2 Å². The van der Waals surface area contributed by atoms with Crippen molar-refractivity contribution in [2.24, 2.45) is 5.92 Å². The fourth-order valence-electron chi connectivity index (χ4n) is 2.13. The molecule has 0 aromatic heterocycles. The average molecular weight is 245 g/mol. The Bertz CT molecular complexity index is 247. The van der Waals surface area contributed by atoms with Gasteiger partial charge in [-0.25, -0.2) is 0 Å². The zero-order valence-electron chi connectivity index (χ0n) is 10.4. The van der Waals surface area contributed by atoms with Gasteiger partial charge < -0.3 is 4.90 Å². The van der Waals surface area contributed by atoms with Crippen LogP contribution >= 0.6 is 0 Å². The number of hydrogen-bond acceptors (Lipinski definition) is 2. The van der Waals surface area contributed by atoms with Gasteiger partial charge in [-0.3, -0.25) is 9.00 Å². The maximum absolute atomic E-state index is 11.7. The van der Waals surface area contributed by atoms with E-state index in [0.717, 1.165) is 12.2 Å². The van der Waals surface area contributed by atoms with Crippen molar-refractivity contribution in [3.8, 4) is 0 Å². The molecule has 94 valence electrons. The highest BCUT2D eigenvalue weighted by atomic mass is 32.2. The summed E-state index contributed by atoms with van der Waals surface area (Å²) in [5, 5.41) is 0. The van der Waals surface area contributed by atoms with Crippen molar-refractivity contribution in [1.29, 1.82) is 0 Å². The number of amides is 1. The van der Waals surface area contributed by atoms with Gasteiger partial charge in [0.2, 0.25) is 5.91 Å². The number of carbonyl (C=O) groups excluding carboxylic acids is 1. The van der Waals surface area contributed by atoms with Crippen molar-refractivity contribution >= 4 is 16.7 Å². The van der Waals surface area contributed by atoms with Crippen LogP contribution in [-0.4, -0.2) is 40.6 Å². The molecular formula is C12H23NO2S. The minimum Gasteiger partial charge on any atom is -0.349 e. The van der Waals surface area contributed by atoms with Gasteiger partial charge in [0, 0.05) is 42.8 Å². The highest BCUT2D eigenvalue weighted by molar-refractivity contribution is 7.84. The van der Waals surface area contributed by atoms with Gasteiger partial charge in [-0.15, -0.1) is 0 Å². The van der Waals surface area contributed by atoms with Crippen LogP contribution in [0.2, 0.25) is 0 Å².